The Bertz CT molecular complexity index is 473. The van der Waals surface area contributed by atoms with Gasteiger partial charge in [0.1, 0.15) is 0 Å². The van der Waals surface area contributed by atoms with Gasteiger partial charge in [-0.2, -0.15) is 0 Å². The van der Waals surface area contributed by atoms with Gasteiger partial charge < -0.3 is 21.1 Å². The highest BCUT2D eigenvalue weighted by Gasteiger charge is 2.25. The number of nitrogens with two attached hydrogens (primary N) is 1. The second kappa shape index (κ2) is 5.71. The molecule has 1 unspecified atom stereocenters. The summed E-state index contributed by atoms with van der Waals surface area (Å²) in [5.74, 6) is -0.0778. The molecule has 0 spiro atoms. The first-order valence-corrected chi connectivity index (χ1v) is 6.16. The molecular formula is C13H17N3O3. The standard InChI is InChI=1S/C13H17N3O3/c14-13(19)15-7-9-1-3-10(4-2-9)12(18)16-6-5-11(17)8-16/h1-4,11,17H,5-8H2,(H3,14,15,19). The normalized spacial score (nSPS) is 18.4. The number of benzene rings is 1. The number of nitrogens with one attached hydrogen (secondary N) is 1. The lowest BCUT2D eigenvalue weighted by atomic mass is 10.1. The quantitative estimate of drug-likeness (QED) is 0.719. The van der Waals surface area contributed by atoms with Gasteiger partial charge in [0.25, 0.3) is 5.91 Å². The van der Waals surface area contributed by atoms with Crippen LogP contribution in [0, 0.1) is 0 Å². The molecule has 6 nitrogen and oxygen atoms in total. The van der Waals surface area contributed by atoms with Gasteiger partial charge in [-0.25, -0.2) is 4.79 Å². The van der Waals surface area contributed by atoms with Gasteiger partial charge in [-0.05, 0) is 24.1 Å². The van der Waals surface area contributed by atoms with Crippen LogP contribution in [0.25, 0.3) is 0 Å². The third kappa shape index (κ3) is 3.45. The zero-order chi connectivity index (χ0) is 13.8. The minimum atomic E-state index is -0.578. The SMILES string of the molecule is NC(=O)NCc1ccc(C(=O)N2CCC(O)C2)cc1. The molecule has 1 heterocycles. The first kappa shape index (κ1) is 13.4. The summed E-state index contributed by atoms with van der Waals surface area (Å²) in [6.45, 7) is 1.32. The zero-order valence-corrected chi connectivity index (χ0v) is 10.5. The summed E-state index contributed by atoms with van der Waals surface area (Å²) in [5, 5.41) is 11.9. The van der Waals surface area contributed by atoms with Crippen LogP contribution >= 0.6 is 0 Å². The fourth-order valence-corrected chi connectivity index (χ4v) is 2.06. The molecular weight excluding hydrogens is 246 g/mol. The van der Waals surface area contributed by atoms with Crippen LogP contribution in [0.2, 0.25) is 0 Å². The molecule has 3 amide bonds. The molecule has 19 heavy (non-hydrogen) atoms. The molecule has 1 atom stereocenters. The number of β-amino-alcohol motifs (C(OH)–C–C–N with tert-alkyl or cyclic N) is 1. The summed E-state index contributed by atoms with van der Waals surface area (Å²) in [6, 6.07) is 6.40. The van der Waals surface area contributed by atoms with E-state index in [0.717, 1.165) is 5.56 Å². The van der Waals surface area contributed by atoms with E-state index in [1.165, 1.54) is 0 Å². The van der Waals surface area contributed by atoms with Crippen molar-refractivity contribution < 1.29 is 14.7 Å². The summed E-state index contributed by atoms with van der Waals surface area (Å²) < 4.78 is 0. The third-order valence-electron chi connectivity index (χ3n) is 3.12. The lowest BCUT2D eigenvalue weighted by Gasteiger charge is -2.15. The Labute approximate surface area is 111 Å². The Hall–Kier alpha value is -2.08. The molecule has 0 bridgehead atoms. The van der Waals surface area contributed by atoms with Gasteiger partial charge in [-0.1, -0.05) is 12.1 Å². The molecule has 1 aromatic rings. The van der Waals surface area contributed by atoms with Crippen molar-refractivity contribution in [3.8, 4) is 0 Å². The van der Waals surface area contributed by atoms with Crippen molar-refractivity contribution in [2.45, 2.75) is 19.1 Å². The maximum atomic E-state index is 12.1. The summed E-state index contributed by atoms with van der Waals surface area (Å²) >= 11 is 0. The number of urea groups is 1. The molecule has 1 aliphatic rings. The van der Waals surface area contributed by atoms with Crippen LogP contribution in [0.15, 0.2) is 24.3 Å². The van der Waals surface area contributed by atoms with E-state index < -0.39 is 12.1 Å². The predicted molar refractivity (Wildman–Crippen MR) is 69.4 cm³/mol. The van der Waals surface area contributed by atoms with Gasteiger partial charge in [-0.15, -0.1) is 0 Å². The topological polar surface area (TPSA) is 95.7 Å². The number of aliphatic hydroxyl groups excluding tert-OH is 1. The van der Waals surface area contributed by atoms with Crippen molar-refractivity contribution >= 4 is 11.9 Å². The van der Waals surface area contributed by atoms with Crippen molar-refractivity contribution in [1.82, 2.24) is 10.2 Å². The smallest absolute Gasteiger partial charge is 0.312 e. The molecule has 102 valence electrons. The fraction of sp³-hybridized carbons (Fsp3) is 0.385. The average Bonchev–Trinajstić information content (AvgIpc) is 2.83. The molecule has 0 aliphatic carbocycles. The highest BCUT2D eigenvalue weighted by atomic mass is 16.3. The number of rotatable bonds is 3. The summed E-state index contributed by atoms with van der Waals surface area (Å²) in [5.41, 5.74) is 6.43. The van der Waals surface area contributed by atoms with Crippen molar-refractivity contribution in [2.75, 3.05) is 13.1 Å². The molecule has 0 saturated carbocycles. The third-order valence-corrected chi connectivity index (χ3v) is 3.12. The Morgan fingerprint density at radius 2 is 2.05 bits per heavy atom. The number of likely N-dealkylation sites (tertiary alicyclic amines) is 1. The number of carbonyl (C=O) groups excluding carboxylic acids is 2. The second-order valence-corrected chi connectivity index (χ2v) is 4.61. The van der Waals surface area contributed by atoms with Crippen molar-refractivity contribution in [3.05, 3.63) is 35.4 Å². The minimum absolute atomic E-state index is 0.0778. The molecule has 6 heteroatoms. The fourth-order valence-electron chi connectivity index (χ4n) is 2.06. The monoisotopic (exact) mass is 263 g/mol. The first-order chi connectivity index (χ1) is 9.06. The number of primary amides is 1. The van der Waals surface area contributed by atoms with Crippen molar-refractivity contribution in [2.24, 2.45) is 5.73 Å². The number of nitrogens with zero attached hydrogens (tertiary/aromatic N) is 1. The van der Waals surface area contributed by atoms with E-state index in [1.807, 2.05) is 0 Å². The van der Waals surface area contributed by atoms with Gasteiger partial charge in [0.05, 0.1) is 6.10 Å². The minimum Gasteiger partial charge on any atom is -0.391 e. The van der Waals surface area contributed by atoms with Crippen LogP contribution in [-0.4, -0.2) is 41.1 Å². The van der Waals surface area contributed by atoms with Gasteiger partial charge in [0.15, 0.2) is 0 Å². The Balaban J connectivity index is 1.97. The summed E-state index contributed by atoms with van der Waals surface area (Å²) in [7, 11) is 0. The van der Waals surface area contributed by atoms with Crippen LogP contribution in [-0.2, 0) is 6.54 Å². The van der Waals surface area contributed by atoms with Crippen molar-refractivity contribution in [3.63, 3.8) is 0 Å². The van der Waals surface area contributed by atoms with E-state index in [-0.39, 0.29) is 5.91 Å². The van der Waals surface area contributed by atoms with E-state index >= 15 is 0 Å². The van der Waals surface area contributed by atoms with Crippen LogP contribution < -0.4 is 11.1 Å². The maximum absolute atomic E-state index is 12.1. The summed E-state index contributed by atoms with van der Waals surface area (Å²) in [6.07, 6.45) is 0.217. The van der Waals surface area contributed by atoms with Gasteiger partial charge >= 0.3 is 6.03 Å². The lowest BCUT2D eigenvalue weighted by Crippen LogP contribution is -2.30. The highest BCUT2D eigenvalue weighted by Crippen LogP contribution is 2.14. The van der Waals surface area contributed by atoms with Crippen LogP contribution in [0.1, 0.15) is 22.3 Å². The van der Waals surface area contributed by atoms with Crippen molar-refractivity contribution in [1.29, 1.82) is 0 Å². The molecule has 1 fully saturated rings. The predicted octanol–water partition coefficient (Wildman–Crippen LogP) is 0.0617. The Morgan fingerprint density at radius 3 is 2.58 bits per heavy atom. The molecule has 1 aromatic carbocycles. The molecule has 2 rings (SSSR count). The number of hydrogen-bond donors (Lipinski definition) is 3. The zero-order valence-electron chi connectivity index (χ0n) is 10.5. The summed E-state index contributed by atoms with van der Waals surface area (Å²) in [4.78, 5) is 24.3. The molecule has 4 N–H and O–H groups in total. The van der Waals surface area contributed by atoms with E-state index in [2.05, 4.69) is 5.32 Å². The average molecular weight is 263 g/mol. The van der Waals surface area contributed by atoms with Gasteiger partial charge in [0.2, 0.25) is 0 Å². The number of aliphatic hydroxyl groups is 1. The largest absolute Gasteiger partial charge is 0.391 e. The van der Waals surface area contributed by atoms with Gasteiger partial charge in [-0.3, -0.25) is 4.79 Å². The van der Waals surface area contributed by atoms with Crippen LogP contribution in [0.5, 0.6) is 0 Å². The Kier molecular flexibility index (Phi) is 4.01. The number of hydrogen-bond acceptors (Lipinski definition) is 3. The molecule has 0 aromatic heterocycles. The van der Waals surface area contributed by atoms with Gasteiger partial charge in [0, 0.05) is 25.2 Å². The molecule has 1 aliphatic heterocycles. The van der Waals surface area contributed by atoms with E-state index in [0.29, 0.717) is 31.6 Å². The molecule has 1 saturated heterocycles. The highest BCUT2D eigenvalue weighted by molar-refractivity contribution is 5.94. The van der Waals surface area contributed by atoms with E-state index in [9.17, 15) is 14.7 Å². The Morgan fingerprint density at radius 1 is 1.37 bits per heavy atom. The number of amides is 3. The number of carbonyl (C=O) groups is 2. The van der Waals surface area contributed by atoms with Crippen LogP contribution in [0.3, 0.4) is 0 Å². The van der Waals surface area contributed by atoms with Crippen LogP contribution in [0.4, 0.5) is 4.79 Å². The second-order valence-electron chi connectivity index (χ2n) is 4.61. The lowest BCUT2D eigenvalue weighted by molar-refractivity contribution is 0.0765. The maximum Gasteiger partial charge on any atom is 0.312 e. The first-order valence-electron chi connectivity index (χ1n) is 6.16. The molecule has 0 radical (unpaired) electrons. The van der Waals surface area contributed by atoms with E-state index in [4.69, 9.17) is 5.73 Å². The van der Waals surface area contributed by atoms with E-state index in [1.54, 1.807) is 29.2 Å².